The number of unbranched alkanes of at least 4 members (excludes halogenated alkanes) is 10. The predicted octanol–water partition coefficient (Wildman–Crippen LogP) is 7.13. The first-order chi connectivity index (χ1) is 12.9. The molecule has 0 unspecified atom stereocenters. The molecule has 0 radical (unpaired) electrons. The van der Waals surface area contributed by atoms with Gasteiger partial charge in [-0.1, -0.05) is 131 Å². The van der Waals surface area contributed by atoms with Gasteiger partial charge in [-0.15, -0.1) is 0 Å². The Kier molecular flexibility index (Phi) is 19.3. The Labute approximate surface area is 218 Å². The molecule has 0 nitrogen and oxygen atoms in total. The summed E-state index contributed by atoms with van der Waals surface area (Å²) in [4.78, 5) is 0. The van der Waals surface area contributed by atoms with Crippen molar-refractivity contribution in [1.82, 2.24) is 0 Å². The minimum atomic E-state index is 0. The van der Waals surface area contributed by atoms with Crippen LogP contribution in [0.15, 0.2) is 66.7 Å². The molecule has 0 aliphatic carbocycles. The van der Waals surface area contributed by atoms with Gasteiger partial charge >= 0.3 is 59.1 Å². The van der Waals surface area contributed by atoms with Crippen molar-refractivity contribution in [2.75, 3.05) is 0 Å². The van der Waals surface area contributed by atoms with E-state index in [-0.39, 0.29) is 59.1 Å². The molecule has 0 saturated carbocycles. The van der Waals surface area contributed by atoms with Crippen LogP contribution in [0.1, 0.15) is 88.7 Å². The van der Waals surface area contributed by atoms with Crippen LogP contribution in [0.3, 0.4) is 0 Å². The standard InChI is InChI=1S/C26H36.2Na.2H/c1-2-3-4-5-6-7-8-9-10-11-18-23-26(24-19-14-12-15-20-24)25-21-16-13-17-22-25;;;;/h12-17,19-23H,2-11,18H2,1H3;;;;. The molecule has 2 aromatic rings. The third kappa shape index (κ3) is 12.0. The van der Waals surface area contributed by atoms with Crippen LogP contribution in [0.25, 0.3) is 5.57 Å². The van der Waals surface area contributed by atoms with E-state index in [2.05, 4.69) is 73.7 Å². The Morgan fingerprint density at radius 2 is 0.964 bits per heavy atom. The van der Waals surface area contributed by atoms with Gasteiger partial charge in [0.1, 0.15) is 0 Å². The van der Waals surface area contributed by atoms with Crippen molar-refractivity contribution >= 4 is 64.7 Å². The van der Waals surface area contributed by atoms with Crippen LogP contribution in [-0.4, -0.2) is 59.1 Å². The van der Waals surface area contributed by atoms with E-state index in [9.17, 15) is 0 Å². The van der Waals surface area contributed by atoms with Gasteiger partial charge in [0.05, 0.1) is 0 Å². The maximum absolute atomic E-state index is 2.44. The van der Waals surface area contributed by atoms with Crippen LogP contribution in [0, 0.1) is 0 Å². The van der Waals surface area contributed by atoms with E-state index in [0.29, 0.717) is 0 Å². The summed E-state index contributed by atoms with van der Waals surface area (Å²) in [6.45, 7) is 2.29. The Morgan fingerprint density at radius 1 is 0.571 bits per heavy atom. The molecule has 0 bridgehead atoms. The SMILES string of the molecule is CCCCCCCCCCCCC=C(c1ccccc1)c1ccccc1.[NaH].[NaH]. The molecule has 2 heteroatoms. The summed E-state index contributed by atoms with van der Waals surface area (Å²) in [5.74, 6) is 0. The fourth-order valence-electron chi connectivity index (χ4n) is 3.52. The molecule has 2 rings (SSSR count). The summed E-state index contributed by atoms with van der Waals surface area (Å²) in [7, 11) is 0. The second kappa shape index (κ2) is 19.2. The fourth-order valence-corrected chi connectivity index (χ4v) is 3.52. The molecule has 0 spiro atoms. The van der Waals surface area contributed by atoms with Gasteiger partial charge in [-0.3, -0.25) is 0 Å². The Morgan fingerprint density at radius 3 is 1.39 bits per heavy atom. The molecular formula is C26H38Na2. The number of rotatable bonds is 13. The zero-order valence-electron chi connectivity index (χ0n) is 16.6. The second-order valence-electron chi connectivity index (χ2n) is 7.32. The van der Waals surface area contributed by atoms with Crippen molar-refractivity contribution in [1.29, 1.82) is 0 Å². The Balaban J connectivity index is 0.00000364. The van der Waals surface area contributed by atoms with Crippen LogP contribution in [0.2, 0.25) is 0 Å². The quantitative estimate of drug-likeness (QED) is 0.249. The van der Waals surface area contributed by atoms with Gasteiger partial charge in [0.25, 0.3) is 0 Å². The molecule has 0 fully saturated rings. The summed E-state index contributed by atoms with van der Waals surface area (Å²) in [5.41, 5.74) is 4.03. The number of hydrogen-bond acceptors (Lipinski definition) is 0. The Bertz CT molecular complexity index is 563. The van der Waals surface area contributed by atoms with Crippen LogP contribution < -0.4 is 0 Å². The van der Waals surface area contributed by atoms with Crippen molar-refractivity contribution in [3.63, 3.8) is 0 Å². The second-order valence-corrected chi connectivity index (χ2v) is 7.32. The summed E-state index contributed by atoms with van der Waals surface area (Å²) >= 11 is 0. The summed E-state index contributed by atoms with van der Waals surface area (Å²) in [5, 5.41) is 0. The van der Waals surface area contributed by atoms with E-state index >= 15 is 0 Å². The first-order valence-electron chi connectivity index (χ1n) is 10.7. The normalized spacial score (nSPS) is 9.89. The molecular weight excluding hydrogens is 358 g/mol. The minimum absolute atomic E-state index is 0. The number of benzene rings is 2. The molecule has 0 aliphatic rings. The Hall–Kier alpha value is 0.180. The van der Waals surface area contributed by atoms with Crippen molar-refractivity contribution in [3.8, 4) is 0 Å². The van der Waals surface area contributed by atoms with E-state index in [1.807, 2.05) is 0 Å². The topological polar surface area (TPSA) is 0 Å². The molecule has 0 amide bonds. The van der Waals surface area contributed by atoms with Gasteiger partial charge in [-0.2, -0.15) is 0 Å². The first kappa shape index (κ1) is 28.2. The zero-order valence-corrected chi connectivity index (χ0v) is 16.6. The summed E-state index contributed by atoms with van der Waals surface area (Å²) < 4.78 is 0. The van der Waals surface area contributed by atoms with E-state index < -0.39 is 0 Å². The van der Waals surface area contributed by atoms with E-state index in [0.717, 1.165) is 0 Å². The van der Waals surface area contributed by atoms with E-state index in [1.165, 1.54) is 87.3 Å². The summed E-state index contributed by atoms with van der Waals surface area (Å²) in [6.07, 6.45) is 17.6. The molecule has 0 saturated heterocycles. The van der Waals surface area contributed by atoms with Crippen LogP contribution >= 0.6 is 0 Å². The zero-order chi connectivity index (χ0) is 18.3. The molecule has 28 heavy (non-hydrogen) atoms. The van der Waals surface area contributed by atoms with Gasteiger partial charge in [0.2, 0.25) is 0 Å². The van der Waals surface area contributed by atoms with Crippen molar-refractivity contribution in [2.45, 2.75) is 77.6 Å². The monoisotopic (exact) mass is 396 g/mol. The molecule has 0 N–H and O–H groups in total. The van der Waals surface area contributed by atoms with Gasteiger partial charge < -0.3 is 0 Å². The average molecular weight is 397 g/mol. The number of hydrogen-bond donors (Lipinski definition) is 0. The predicted molar refractivity (Wildman–Crippen MR) is 131 cm³/mol. The molecule has 2 aromatic carbocycles. The van der Waals surface area contributed by atoms with Crippen LogP contribution in [0.5, 0.6) is 0 Å². The van der Waals surface area contributed by atoms with Gasteiger partial charge in [-0.25, -0.2) is 0 Å². The molecule has 0 heterocycles. The molecule has 0 aliphatic heterocycles. The number of allylic oxidation sites excluding steroid dienone is 1. The molecule has 0 atom stereocenters. The molecule has 144 valence electrons. The first-order valence-corrected chi connectivity index (χ1v) is 10.7. The van der Waals surface area contributed by atoms with E-state index in [1.54, 1.807) is 0 Å². The maximum atomic E-state index is 2.44. The van der Waals surface area contributed by atoms with Gasteiger partial charge in [0.15, 0.2) is 0 Å². The van der Waals surface area contributed by atoms with Gasteiger partial charge in [-0.05, 0) is 29.5 Å². The van der Waals surface area contributed by atoms with Crippen molar-refractivity contribution in [3.05, 3.63) is 77.9 Å². The van der Waals surface area contributed by atoms with Crippen molar-refractivity contribution in [2.24, 2.45) is 0 Å². The van der Waals surface area contributed by atoms with Gasteiger partial charge in [0, 0.05) is 0 Å². The van der Waals surface area contributed by atoms with Crippen LogP contribution in [-0.2, 0) is 0 Å². The van der Waals surface area contributed by atoms with Crippen molar-refractivity contribution < 1.29 is 0 Å². The van der Waals surface area contributed by atoms with E-state index in [4.69, 9.17) is 0 Å². The fraction of sp³-hybridized carbons (Fsp3) is 0.462. The third-order valence-corrected chi connectivity index (χ3v) is 5.08. The van der Waals surface area contributed by atoms with Crippen LogP contribution in [0.4, 0.5) is 0 Å². The summed E-state index contributed by atoms with van der Waals surface area (Å²) in [6, 6.07) is 21.6. The third-order valence-electron chi connectivity index (χ3n) is 5.08. The average Bonchev–Trinajstić information content (AvgIpc) is 2.70. The molecule has 0 aromatic heterocycles.